The van der Waals surface area contributed by atoms with E-state index in [0.717, 1.165) is 22.4 Å². The summed E-state index contributed by atoms with van der Waals surface area (Å²) >= 11 is 7.12. The number of benzene rings is 2. The molecule has 0 aliphatic rings. The molecule has 2 rings (SSSR count). The van der Waals surface area contributed by atoms with Crippen LogP contribution in [-0.4, -0.2) is 19.4 Å². The Labute approximate surface area is 137 Å². The van der Waals surface area contributed by atoms with Crippen LogP contribution in [-0.2, 0) is 0 Å². The van der Waals surface area contributed by atoms with Crippen LogP contribution in [0.15, 0.2) is 58.5 Å². The first kappa shape index (κ1) is 16.2. The predicted molar refractivity (Wildman–Crippen MR) is 89.6 cm³/mol. The van der Waals surface area contributed by atoms with E-state index in [2.05, 4.69) is 15.2 Å². The SMILES string of the molecule is COc1ccccc1SNC(=O)N/N=C/c1ccccc1Cl. The number of hydrogen-bond acceptors (Lipinski definition) is 4. The number of carbonyl (C=O) groups is 1. The fourth-order valence-electron chi connectivity index (χ4n) is 1.57. The normalized spacial score (nSPS) is 10.5. The molecule has 0 atom stereocenters. The molecule has 0 fully saturated rings. The van der Waals surface area contributed by atoms with Gasteiger partial charge in [-0.3, -0.25) is 4.72 Å². The van der Waals surface area contributed by atoms with Gasteiger partial charge in [-0.2, -0.15) is 5.10 Å². The van der Waals surface area contributed by atoms with Crippen molar-refractivity contribution in [2.75, 3.05) is 7.11 Å². The Morgan fingerprint density at radius 3 is 2.73 bits per heavy atom. The summed E-state index contributed by atoms with van der Waals surface area (Å²) in [6.45, 7) is 0. The fourth-order valence-corrected chi connectivity index (χ4v) is 2.40. The Bertz CT molecular complexity index is 679. The van der Waals surface area contributed by atoms with E-state index >= 15 is 0 Å². The molecule has 0 spiro atoms. The van der Waals surface area contributed by atoms with E-state index in [1.165, 1.54) is 6.21 Å². The minimum absolute atomic E-state index is 0.445. The number of ether oxygens (including phenoxy) is 1. The Morgan fingerprint density at radius 1 is 1.23 bits per heavy atom. The Balaban J connectivity index is 1.85. The van der Waals surface area contributed by atoms with Crippen LogP contribution in [0.1, 0.15) is 5.56 Å². The average molecular weight is 336 g/mol. The highest BCUT2D eigenvalue weighted by molar-refractivity contribution is 7.98. The first-order chi connectivity index (χ1) is 10.7. The van der Waals surface area contributed by atoms with E-state index in [9.17, 15) is 4.79 Å². The lowest BCUT2D eigenvalue weighted by Gasteiger charge is -2.07. The van der Waals surface area contributed by atoms with Crippen molar-refractivity contribution in [3.05, 3.63) is 59.1 Å². The van der Waals surface area contributed by atoms with Gasteiger partial charge in [0.2, 0.25) is 0 Å². The highest BCUT2D eigenvalue weighted by atomic mass is 35.5. The van der Waals surface area contributed by atoms with Gasteiger partial charge < -0.3 is 4.74 Å². The molecule has 22 heavy (non-hydrogen) atoms. The topological polar surface area (TPSA) is 62.7 Å². The van der Waals surface area contributed by atoms with Gasteiger partial charge >= 0.3 is 6.03 Å². The first-order valence-electron chi connectivity index (χ1n) is 6.34. The third-order valence-electron chi connectivity index (χ3n) is 2.60. The second-order valence-electron chi connectivity index (χ2n) is 4.08. The molecular formula is C15H14ClN3O2S. The van der Waals surface area contributed by atoms with Gasteiger partial charge in [-0.15, -0.1) is 0 Å². The largest absolute Gasteiger partial charge is 0.496 e. The zero-order valence-electron chi connectivity index (χ0n) is 11.7. The van der Waals surface area contributed by atoms with Crippen molar-refractivity contribution in [3.8, 4) is 5.75 Å². The van der Waals surface area contributed by atoms with Crippen LogP contribution in [0.3, 0.4) is 0 Å². The van der Waals surface area contributed by atoms with Gasteiger partial charge in [0.25, 0.3) is 0 Å². The molecule has 2 amide bonds. The maximum absolute atomic E-state index is 11.7. The highest BCUT2D eigenvalue weighted by Gasteiger charge is 2.05. The summed E-state index contributed by atoms with van der Waals surface area (Å²) in [6, 6.07) is 14.1. The number of hydrogen-bond donors (Lipinski definition) is 2. The fraction of sp³-hybridized carbons (Fsp3) is 0.0667. The molecule has 2 N–H and O–H groups in total. The van der Waals surface area contributed by atoms with E-state index in [4.69, 9.17) is 16.3 Å². The average Bonchev–Trinajstić information content (AvgIpc) is 2.55. The summed E-state index contributed by atoms with van der Waals surface area (Å²) < 4.78 is 7.81. The molecule has 7 heteroatoms. The monoisotopic (exact) mass is 335 g/mol. The van der Waals surface area contributed by atoms with Crippen molar-refractivity contribution in [1.82, 2.24) is 10.1 Å². The molecule has 0 unspecified atom stereocenters. The molecule has 2 aromatic rings. The van der Waals surface area contributed by atoms with Crippen molar-refractivity contribution < 1.29 is 9.53 Å². The van der Waals surface area contributed by atoms with Crippen molar-refractivity contribution >= 4 is 35.8 Å². The minimum Gasteiger partial charge on any atom is -0.496 e. The number of methoxy groups -OCH3 is 1. The van der Waals surface area contributed by atoms with Gasteiger partial charge in [0.15, 0.2) is 0 Å². The van der Waals surface area contributed by atoms with E-state index < -0.39 is 6.03 Å². The number of nitrogens with zero attached hydrogens (tertiary/aromatic N) is 1. The van der Waals surface area contributed by atoms with Crippen LogP contribution >= 0.6 is 23.5 Å². The highest BCUT2D eigenvalue weighted by Crippen LogP contribution is 2.26. The molecule has 0 heterocycles. The molecule has 0 aliphatic heterocycles. The van der Waals surface area contributed by atoms with Gasteiger partial charge in [0, 0.05) is 10.6 Å². The molecule has 0 saturated carbocycles. The summed E-state index contributed by atoms with van der Waals surface area (Å²) in [6.07, 6.45) is 1.48. The quantitative estimate of drug-likeness (QED) is 0.497. The molecule has 2 aromatic carbocycles. The molecule has 0 bridgehead atoms. The molecular weight excluding hydrogens is 322 g/mol. The molecule has 0 aromatic heterocycles. The number of hydrazone groups is 1. The maximum Gasteiger partial charge on any atom is 0.345 e. The summed E-state index contributed by atoms with van der Waals surface area (Å²) in [4.78, 5) is 12.5. The molecule has 0 saturated heterocycles. The maximum atomic E-state index is 11.7. The standard InChI is InChI=1S/C15H14ClN3O2S/c1-21-13-8-4-5-9-14(13)22-19-15(20)18-17-10-11-6-2-3-7-12(11)16/h2-10H,1H3,(H2,18,19,20)/b17-10+. The van der Waals surface area contributed by atoms with Crippen LogP contribution in [0, 0.1) is 0 Å². The minimum atomic E-state index is -0.445. The second-order valence-corrected chi connectivity index (χ2v) is 5.33. The third-order valence-corrected chi connectivity index (χ3v) is 3.79. The van der Waals surface area contributed by atoms with Gasteiger partial charge in [-0.1, -0.05) is 41.9 Å². The van der Waals surface area contributed by atoms with E-state index in [-0.39, 0.29) is 0 Å². The van der Waals surface area contributed by atoms with E-state index in [1.54, 1.807) is 19.2 Å². The third kappa shape index (κ3) is 4.68. The Morgan fingerprint density at radius 2 is 1.95 bits per heavy atom. The number of halogens is 1. The molecule has 0 aliphatic carbocycles. The number of nitrogens with one attached hydrogen (secondary N) is 2. The lowest BCUT2D eigenvalue weighted by Crippen LogP contribution is -2.27. The smallest absolute Gasteiger partial charge is 0.345 e. The molecule has 114 valence electrons. The van der Waals surface area contributed by atoms with E-state index in [1.807, 2.05) is 36.4 Å². The zero-order valence-corrected chi connectivity index (χ0v) is 13.3. The molecule has 5 nitrogen and oxygen atoms in total. The van der Waals surface area contributed by atoms with Crippen LogP contribution in [0.2, 0.25) is 5.02 Å². The van der Waals surface area contributed by atoms with Crippen LogP contribution < -0.4 is 14.9 Å². The molecule has 0 radical (unpaired) electrons. The van der Waals surface area contributed by atoms with Crippen LogP contribution in [0.4, 0.5) is 4.79 Å². The van der Waals surface area contributed by atoms with E-state index in [0.29, 0.717) is 10.8 Å². The lowest BCUT2D eigenvalue weighted by atomic mass is 10.2. The Hall–Kier alpha value is -2.18. The second kappa shape index (κ2) is 8.31. The van der Waals surface area contributed by atoms with Crippen molar-refractivity contribution in [3.63, 3.8) is 0 Å². The zero-order chi connectivity index (χ0) is 15.8. The van der Waals surface area contributed by atoms with Crippen molar-refractivity contribution in [1.29, 1.82) is 0 Å². The van der Waals surface area contributed by atoms with Crippen molar-refractivity contribution in [2.45, 2.75) is 4.90 Å². The van der Waals surface area contributed by atoms with Crippen LogP contribution in [0.5, 0.6) is 5.75 Å². The summed E-state index contributed by atoms with van der Waals surface area (Å²) in [5, 5.41) is 4.41. The van der Waals surface area contributed by atoms with Gasteiger partial charge in [0.1, 0.15) is 5.75 Å². The van der Waals surface area contributed by atoms with Crippen molar-refractivity contribution in [2.24, 2.45) is 5.10 Å². The van der Waals surface area contributed by atoms with Gasteiger partial charge in [-0.05, 0) is 30.1 Å². The number of amides is 2. The summed E-state index contributed by atoms with van der Waals surface area (Å²) in [5.41, 5.74) is 3.09. The first-order valence-corrected chi connectivity index (χ1v) is 7.53. The summed E-state index contributed by atoms with van der Waals surface area (Å²) in [5.74, 6) is 0.687. The Kier molecular flexibility index (Phi) is 6.12. The number of carbonyl (C=O) groups excluding carboxylic acids is 1. The summed E-state index contributed by atoms with van der Waals surface area (Å²) in [7, 11) is 1.58. The van der Waals surface area contributed by atoms with Gasteiger partial charge in [-0.25, -0.2) is 10.2 Å². The number of rotatable bonds is 5. The lowest BCUT2D eigenvalue weighted by molar-refractivity contribution is 0.247. The van der Waals surface area contributed by atoms with Crippen LogP contribution in [0.25, 0.3) is 0 Å². The number of urea groups is 1. The van der Waals surface area contributed by atoms with Gasteiger partial charge in [0.05, 0.1) is 18.2 Å². The number of para-hydroxylation sites is 1. The predicted octanol–water partition coefficient (Wildman–Crippen LogP) is 3.69.